The van der Waals surface area contributed by atoms with Gasteiger partial charge in [-0.1, -0.05) is 27.2 Å². The number of nitrogen functional groups attached to an aromatic ring is 1. The van der Waals surface area contributed by atoms with E-state index >= 15 is 0 Å². The molecule has 8 amide bonds. The third-order valence-corrected chi connectivity index (χ3v) is 11.4. The van der Waals surface area contributed by atoms with Crippen molar-refractivity contribution in [1.29, 1.82) is 0 Å². The van der Waals surface area contributed by atoms with Gasteiger partial charge in [0.05, 0.1) is 44.9 Å². The molecule has 2 aromatic rings. The average Bonchev–Trinajstić information content (AvgIpc) is 3.74. The van der Waals surface area contributed by atoms with Crippen molar-refractivity contribution >= 4 is 76.8 Å². The van der Waals surface area contributed by atoms with Crippen molar-refractivity contribution in [3.63, 3.8) is 0 Å². The molecule has 3 unspecified atom stereocenters. The van der Waals surface area contributed by atoms with E-state index in [9.17, 15) is 33.6 Å². The molecule has 65 heavy (non-hydrogen) atoms. The lowest BCUT2D eigenvalue weighted by atomic mass is 10.0. The lowest BCUT2D eigenvalue weighted by Crippen LogP contribution is -2.58. The molecule has 0 bridgehead atoms. The summed E-state index contributed by atoms with van der Waals surface area (Å²) in [5.41, 5.74) is 12.8. The molecule has 8 N–H and O–H groups in total. The van der Waals surface area contributed by atoms with Crippen LogP contribution in [0.4, 0.5) is 16.4 Å². The molecule has 0 aliphatic carbocycles. The highest BCUT2D eigenvalue weighted by molar-refractivity contribution is 7.81. The van der Waals surface area contributed by atoms with Gasteiger partial charge < -0.3 is 61.3 Å². The third kappa shape index (κ3) is 16.0. The number of nitrogens with zero attached hydrogens (tertiary/aromatic N) is 7. The maximum atomic E-state index is 14.0. The van der Waals surface area contributed by atoms with Crippen molar-refractivity contribution in [3.8, 4) is 0 Å². The highest BCUT2D eigenvalue weighted by atomic mass is 32.1. The highest BCUT2D eigenvalue weighted by Crippen LogP contribution is 2.29. The van der Waals surface area contributed by atoms with Gasteiger partial charge in [-0.25, -0.2) is 9.78 Å². The number of nitrogens with one attached hydrogen (secondary N) is 4. The van der Waals surface area contributed by atoms with Gasteiger partial charge in [-0.3, -0.25) is 33.7 Å². The van der Waals surface area contributed by atoms with Crippen molar-refractivity contribution in [2.24, 2.45) is 18.7 Å². The topological polar surface area (TPSA) is 301 Å². The van der Waals surface area contributed by atoms with Gasteiger partial charge in [-0.2, -0.15) is 12.6 Å². The number of nitrogens with two attached hydrogens (primary N) is 2. The number of rotatable bonds is 28. The number of likely N-dealkylation sites (tertiary alicyclic amines) is 1. The Balaban J connectivity index is 1.16. The second kappa shape index (κ2) is 26.6. The summed E-state index contributed by atoms with van der Waals surface area (Å²) in [5, 5.41) is 18.8. The van der Waals surface area contributed by atoms with Crippen LogP contribution in [-0.2, 0) is 56.4 Å². The van der Waals surface area contributed by atoms with Crippen molar-refractivity contribution in [1.82, 2.24) is 50.8 Å². The lowest BCUT2D eigenvalue weighted by molar-refractivity contribution is -0.139. The maximum Gasteiger partial charge on any atom is 0.312 e. The number of anilines is 2. The van der Waals surface area contributed by atoms with Gasteiger partial charge in [0.25, 0.3) is 0 Å². The van der Waals surface area contributed by atoms with Crippen molar-refractivity contribution in [3.05, 3.63) is 5.82 Å². The van der Waals surface area contributed by atoms with Crippen molar-refractivity contribution < 1.29 is 47.8 Å². The van der Waals surface area contributed by atoms with E-state index in [0.717, 1.165) is 35.5 Å². The number of imide groups is 1. The van der Waals surface area contributed by atoms with Crippen LogP contribution in [0, 0.1) is 5.92 Å². The van der Waals surface area contributed by atoms with Crippen LogP contribution in [0.2, 0.25) is 0 Å². The SMILES string of the molecule is CCCCc1nc2c(N)nnc(N3CCN(C(=O)C(CCCNC(N)=O)NC(=O)C(NC(=O)CCOCCOCCOCCNC(=O)CCN4C(=O)CC(S)C4=O)C(C)C)CC3)c2n1C. The highest BCUT2D eigenvalue weighted by Gasteiger charge is 2.36. The van der Waals surface area contributed by atoms with E-state index < -0.39 is 35.2 Å². The molecule has 4 heterocycles. The Kier molecular flexibility index (Phi) is 21.4. The van der Waals surface area contributed by atoms with Crippen molar-refractivity contribution in [2.45, 2.75) is 89.5 Å². The maximum absolute atomic E-state index is 14.0. The van der Waals surface area contributed by atoms with Gasteiger partial charge >= 0.3 is 6.03 Å². The minimum atomic E-state index is -0.935. The van der Waals surface area contributed by atoms with E-state index in [0.29, 0.717) is 43.9 Å². The predicted molar refractivity (Wildman–Crippen MR) is 242 cm³/mol. The summed E-state index contributed by atoms with van der Waals surface area (Å²) >= 11 is 4.06. The Morgan fingerprint density at radius 1 is 0.862 bits per heavy atom. The zero-order chi connectivity index (χ0) is 47.5. The first-order valence-electron chi connectivity index (χ1n) is 22.3. The molecule has 0 spiro atoms. The number of hydrogen-bond acceptors (Lipinski definition) is 16. The fourth-order valence-corrected chi connectivity index (χ4v) is 7.59. The molecule has 2 aliphatic heterocycles. The van der Waals surface area contributed by atoms with Crippen molar-refractivity contribution in [2.75, 3.05) is 96.1 Å². The minimum Gasteiger partial charge on any atom is -0.380 e. The number of aryl methyl sites for hydroxylation is 2. The second-order valence-corrected chi connectivity index (χ2v) is 16.8. The molecule has 23 nitrogen and oxygen atoms in total. The van der Waals surface area contributed by atoms with Gasteiger partial charge in [-0.15, -0.1) is 10.2 Å². The number of imidazole rings is 1. The van der Waals surface area contributed by atoms with Crippen LogP contribution < -0.4 is 37.6 Å². The average molecular weight is 934 g/mol. The number of carbonyl (C=O) groups is 7. The first kappa shape index (κ1) is 52.3. The molecule has 24 heteroatoms. The number of ether oxygens (including phenoxy) is 3. The van der Waals surface area contributed by atoms with E-state index in [2.05, 4.69) is 55.9 Å². The first-order valence-corrected chi connectivity index (χ1v) is 22.8. The standard InChI is InChI=1S/C41H67N13O10S/c1-5-6-9-29-47-34-35(51(29)4)37(50-49-36(34)42)52-15-17-53(18-16-52)39(59)27(8-7-12-45-41(43)61)46-38(58)33(26(2)3)48-31(56)11-19-62-21-23-64-24-22-63-20-13-44-30(55)10-14-54-32(57)25-28(65)40(54)60/h26-28,33,65H,5-25H2,1-4H3,(H2,42,49)(H,44,55)(H,46,58)(H,48,56)(H3,43,45,61). The smallest absolute Gasteiger partial charge is 0.312 e. The summed E-state index contributed by atoms with van der Waals surface area (Å²) < 4.78 is 18.5. The fourth-order valence-electron chi connectivity index (χ4n) is 7.29. The number of carbonyl (C=O) groups excluding carboxylic acids is 7. The van der Waals surface area contributed by atoms with Gasteiger partial charge in [0.15, 0.2) is 11.6 Å². The van der Waals surface area contributed by atoms with Crippen LogP contribution in [-0.4, -0.2) is 174 Å². The molecular weight excluding hydrogens is 867 g/mol. The van der Waals surface area contributed by atoms with Gasteiger partial charge in [0.1, 0.15) is 28.9 Å². The summed E-state index contributed by atoms with van der Waals surface area (Å²) in [6.07, 6.45) is 3.40. The van der Waals surface area contributed by atoms with Crippen LogP contribution in [0.1, 0.15) is 71.5 Å². The Hall–Kier alpha value is -5.33. The van der Waals surface area contributed by atoms with E-state index in [1.54, 1.807) is 18.7 Å². The number of piperazine rings is 1. The Labute approximate surface area is 384 Å². The van der Waals surface area contributed by atoms with Crippen LogP contribution in [0.25, 0.3) is 11.0 Å². The minimum absolute atomic E-state index is 0.000220. The summed E-state index contributed by atoms with van der Waals surface area (Å²) in [7, 11) is 1.94. The van der Waals surface area contributed by atoms with E-state index in [1.807, 2.05) is 11.6 Å². The number of urea groups is 1. The van der Waals surface area contributed by atoms with Crippen LogP contribution >= 0.6 is 12.6 Å². The number of aromatic nitrogens is 4. The molecular formula is C41H67N13O10S. The number of primary amides is 1. The molecule has 362 valence electrons. The summed E-state index contributed by atoms with van der Waals surface area (Å²) in [4.78, 5) is 97.2. The molecule has 2 fully saturated rings. The van der Waals surface area contributed by atoms with Gasteiger partial charge in [0, 0.05) is 78.5 Å². The molecule has 3 atom stereocenters. The Morgan fingerprint density at radius 3 is 2.17 bits per heavy atom. The molecule has 0 saturated carbocycles. The Bertz CT molecular complexity index is 1940. The predicted octanol–water partition coefficient (Wildman–Crippen LogP) is -0.986. The monoisotopic (exact) mass is 933 g/mol. The number of fused-ring (bicyclic) bond motifs is 1. The second-order valence-electron chi connectivity index (χ2n) is 16.2. The zero-order valence-corrected chi connectivity index (χ0v) is 38.9. The molecule has 4 rings (SSSR count). The summed E-state index contributed by atoms with van der Waals surface area (Å²) in [5.74, 6) is -0.740. The van der Waals surface area contributed by atoms with Crippen LogP contribution in [0.15, 0.2) is 0 Å². The molecule has 2 aromatic heterocycles. The normalized spacial score (nSPS) is 16.3. The largest absolute Gasteiger partial charge is 0.380 e. The van der Waals surface area contributed by atoms with Gasteiger partial charge in [0.2, 0.25) is 35.4 Å². The van der Waals surface area contributed by atoms with Gasteiger partial charge in [-0.05, 0) is 25.2 Å². The van der Waals surface area contributed by atoms with E-state index in [-0.39, 0.29) is 120 Å². The fraction of sp³-hybridized carbons (Fsp3) is 0.707. The number of unbranched alkanes of at least 4 members (excludes halogenated alkanes) is 1. The van der Waals surface area contributed by atoms with Crippen LogP contribution in [0.3, 0.4) is 0 Å². The third-order valence-electron chi connectivity index (χ3n) is 11.0. The lowest BCUT2D eigenvalue weighted by Gasteiger charge is -2.37. The number of hydrogen-bond donors (Lipinski definition) is 7. The molecule has 0 aromatic carbocycles. The number of thiol groups is 1. The Morgan fingerprint density at radius 2 is 1.54 bits per heavy atom. The molecule has 0 radical (unpaired) electrons. The van der Waals surface area contributed by atoms with Crippen LogP contribution in [0.5, 0.6) is 0 Å². The number of amides is 8. The zero-order valence-electron chi connectivity index (χ0n) is 38.0. The first-order chi connectivity index (χ1) is 31.1. The summed E-state index contributed by atoms with van der Waals surface area (Å²) in [6, 6.07) is -2.56. The van der Waals surface area contributed by atoms with E-state index in [4.69, 9.17) is 30.7 Å². The molecule has 2 aliphatic rings. The molecule has 2 saturated heterocycles. The quantitative estimate of drug-likeness (QED) is 0.0306. The summed E-state index contributed by atoms with van der Waals surface area (Å²) in [6.45, 7) is 9.14. The van der Waals surface area contributed by atoms with E-state index in [1.165, 1.54) is 0 Å².